The summed E-state index contributed by atoms with van der Waals surface area (Å²) in [6.07, 6.45) is 0. The van der Waals surface area contributed by atoms with Crippen molar-refractivity contribution in [3.63, 3.8) is 0 Å². The van der Waals surface area contributed by atoms with Crippen LogP contribution in [0.3, 0.4) is 0 Å². The lowest BCUT2D eigenvalue weighted by molar-refractivity contribution is -0.123. The van der Waals surface area contributed by atoms with Crippen molar-refractivity contribution >= 4 is 11.9 Å². The number of ether oxygens (including phenoxy) is 1. The van der Waals surface area contributed by atoms with Crippen molar-refractivity contribution in [2.75, 3.05) is 27.2 Å². The van der Waals surface area contributed by atoms with Gasteiger partial charge in [0.05, 0.1) is 7.11 Å². The second kappa shape index (κ2) is 9.65. The highest BCUT2D eigenvalue weighted by atomic mass is 16.5. The van der Waals surface area contributed by atoms with E-state index in [1.165, 1.54) is 0 Å². The van der Waals surface area contributed by atoms with Crippen molar-refractivity contribution in [2.45, 2.75) is 20.4 Å². The molecule has 0 aliphatic rings. The Bertz CT molecular complexity index is 483. The van der Waals surface area contributed by atoms with Gasteiger partial charge in [0, 0.05) is 32.6 Å². The molecule has 0 spiro atoms. The molecule has 1 amide bonds. The summed E-state index contributed by atoms with van der Waals surface area (Å²) >= 11 is 0. The molecule has 1 aromatic rings. The zero-order valence-corrected chi connectivity index (χ0v) is 13.8. The number of rotatable bonds is 7. The summed E-state index contributed by atoms with van der Waals surface area (Å²) in [5.74, 6) is 1.61. The van der Waals surface area contributed by atoms with Crippen LogP contribution in [0.15, 0.2) is 29.3 Å². The van der Waals surface area contributed by atoms with Gasteiger partial charge in [-0.1, -0.05) is 26.0 Å². The molecule has 0 aliphatic carbocycles. The molecule has 0 saturated heterocycles. The molecule has 0 radical (unpaired) electrons. The van der Waals surface area contributed by atoms with Crippen LogP contribution >= 0.6 is 0 Å². The second-order valence-corrected chi connectivity index (χ2v) is 5.15. The Morgan fingerprint density at radius 2 is 1.77 bits per heavy atom. The Balaban J connectivity index is 2.28. The lowest BCUT2D eigenvalue weighted by Gasteiger charge is -2.13. The van der Waals surface area contributed by atoms with Gasteiger partial charge in [0.1, 0.15) is 5.75 Å². The van der Waals surface area contributed by atoms with E-state index in [1.807, 2.05) is 38.1 Å². The standard InChI is InChI=1S/C16H26N4O2/c1-12(2)15(21)18-9-10-19-16(17-3)20-11-13-5-7-14(22-4)8-6-13/h5-8,12H,9-11H2,1-4H3,(H,18,21)(H2,17,19,20). The number of hydrogen-bond donors (Lipinski definition) is 3. The molecular formula is C16H26N4O2. The smallest absolute Gasteiger partial charge is 0.222 e. The van der Waals surface area contributed by atoms with Crippen molar-refractivity contribution in [1.82, 2.24) is 16.0 Å². The van der Waals surface area contributed by atoms with Crippen LogP contribution < -0.4 is 20.7 Å². The zero-order chi connectivity index (χ0) is 16.4. The lowest BCUT2D eigenvalue weighted by atomic mass is 10.2. The van der Waals surface area contributed by atoms with Crippen LogP contribution in [0.1, 0.15) is 19.4 Å². The molecule has 22 heavy (non-hydrogen) atoms. The van der Waals surface area contributed by atoms with Gasteiger partial charge >= 0.3 is 0 Å². The van der Waals surface area contributed by atoms with E-state index in [0.29, 0.717) is 25.6 Å². The number of nitrogens with one attached hydrogen (secondary N) is 3. The fourth-order valence-corrected chi connectivity index (χ4v) is 1.72. The molecule has 0 saturated carbocycles. The number of nitrogens with zero attached hydrogens (tertiary/aromatic N) is 1. The fraction of sp³-hybridized carbons (Fsp3) is 0.500. The van der Waals surface area contributed by atoms with E-state index in [1.54, 1.807) is 14.2 Å². The molecule has 6 heteroatoms. The van der Waals surface area contributed by atoms with Crippen LogP contribution in [0.2, 0.25) is 0 Å². The van der Waals surface area contributed by atoms with E-state index >= 15 is 0 Å². The average molecular weight is 306 g/mol. The summed E-state index contributed by atoms with van der Waals surface area (Å²) in [5.41, 5.74) is 1.14. The number of hydrogen-bond acceptors (Lipinski definition) is 3. The Labute approximate surface area is 132 Å². The number of carbonyl (C=O) groups is 1. The number of carbonyl (C=O) groups excluding carboxylic acids is 1. The summed E-state index contributed by atoms with van der Waals surface area (Å²) in [6, 6.07) is 7.85. The van der Waals surface area contributed by atoms with Gasteiger partial charge in [-0.25, -0.2) is 0 Å². The third-order valence-electron chi connectivity index (χ3n) is 3.08. The normalized spacial score (nSPS) is 11.2. The predicted octanol–water partition coefficient (Wildman–Crippen LogP) is 1.13. The van der Waals surface area contributed by atoms with E-state index in [0.717, 1.165) is 11.3 Å². The first-order valence-corrected chi connectivity index (χ1v) is 7.42. The highest BCUT2D eigenvalue weighted by Crippen LogP contribution is 2.10. The monoisotopic (exact) mass is 306 g/mol. The van der Waals surface area contributed by atoms with Crippen molar-refractivity contribution in [3.8, 4) is 5.75 Å². The van der Waals surface area contributed by atoms with Crippen molar-refractivity contribution in [2.24, 2.45) is 10.9 Å². The van der Waals surface area contributed by atoms with Crippen LogP contribution in [0.4, 0.5) is 0 Å². The Hall–Kier alpha value is -2.24. The summed E-state index contributed by atoms with van der Waals surface area (Å²) < 4.78 is 5.13. The Morgan fingerprint density at radius 1 is 1.14 bits per heavy atom. The minimum absolute atomic E-state index is 0.00695. The van der Waals surface area contributed by atoms with E-state index in [-0.39, 0.29) is 11.8 Å². The summed E-state index contributed by atoms with van der Waals surface area (Å²) in [4.78, 5) is 15.6. The first-order valence-electron chi connectivity index (χ1n) is 7.42. The van der Waals surface area contributed by atoms with Gasteiger partial charge in [-0.15, -0.1) is 0 Å². The Kier molecular flexibility index (Phi) is 7.81. The quantitative estimate of drug-likeness (QED) is 0.401. The highest BCUT2D eigenvalue weighted by Gasteiger charge is 2.05. The van der Waals surface area contributed by atoms with Crippen molar-refractivity contribution in [1.29, 1.82) is 0 Å². The van der Waals surface area contributed by atoms with Gasteiger partial charge in [0.25, 0.3) is 0 Å². The largest absolute Gasteiger partial charge is 0.497 e. The molecule has 0 aliphatic heterocycles. The lowest BCUT2D eigenvalue weighted by Crippen LogP contribution is -2.41. The third kappa shape index (κ3) is 6.47. The van der Waals surface area contributed by atoms with Crippen LogP contribution in [-0.2, 0) is 11.3 Å². The molecule has 0 unspecified atom stereocenters. The van der Waals surface area contributed by atoms with Gasteiger partial charge in [0.15, 0.2) is 5.96 Å². The maximum absolute atomic E-state index is 11.4. The molecule has 0 heterocycles. The van der Waals surface area contributed by atoms with Crippen LogP contribution in [-0.4, -0.2) is 39.1 Å². The second-order valence-electron chi connectivity index (χ2n) is 5.15. The molecular weight excluding hydrogens is 280 g/mol. The van der Waals surface area contributed by atoms with E-state index < -0.39 is 0 Å². The van der Waals surface area contributed by atoms with Gasteiger partial charge in [-0.05, 0) is 17.7 Å². The fourth-order valence-electron chi connectivity index (χ4n) is 1.72. The maximum atomic E-state index is 11.4. The van der Waals surface area contributed by atoms with Gasteiger partial charge in [-0.3, -0.25) is 9.79 Å². The van der Waals surface area contributed by atoms with E-state index in [9.17, 15) is 4.79 Å². The van der Waals surface area contributed by atoms with Crippen molar-refractivity contribution in [3.05, 3.63) is 29.8 Å². The summed E-state index contributed by atoms with van der Waals surface area (Å²) in [5, 5.41) is 9.23. The summed E-state index contributed by atoms with van der Waals surface area (Å²) in [6.45, 7) is 5.61. The first-order chi connectivity index (χ1) is 10.6. The highest BCUT2D eigenvalue weighted by molar-refractivity contribution is 5.80. The topological polar surface area (TPSA) is 74.8 Å². The SMILES string of the molecule is CN=C(NCCNC(=O)C(C)C)NCc1ccc(OC)cc1. The molecule has 3 N–H and O–H groups in total. The molecule has 0 atom stereocenters. The molecule has 0 aromatic heterocycles. The predicted molar refractivity (Wildman–Crippen MR) is 89.0 cm³/mol. The number of methoxy groups -OCH3 is 1. The average Bonchev–Trinajstić information content (AvgIpc) is 2.54. The molecule has 122 valence electrons. The number of benzene rings is 1. The molecule has 6 nitrogen and oxygen atoms in total. The number of guanidine groups is 1. The van der Waals surface area contributed by atoms with Crippen molar-refractivity contribution < 1.29 is 9.53 Å². The van der Waals surface area contributed by atoms with Gasteiger partial charge in [-0.2, -0.15) is 0 Å². The molecule has 0 bridgehead atoms. The molecule has 1 rings (SSSR count). The molecule has 0 fully saturated rings. The van der Waals surface area contributed by atoms with E-state index in [4.69, 9.17) is 4.74 Å². The maximum Gasteiger partial charge on any atom is 0.222 e. The number of aliphatic imine (C=N–C) groups is 1. The molecule has 1 aromatic carbocycles. The van der Waals surface area contributed by atoms with Crippen LogP contribution in [0.5, 0.6) is 5.75 Å². The van der Waals surface area contributed by atoms with Gasteiger partial charge < -0.3 is 20.7 Å². The van der Waals surface area contributed by atoms with Crippen LogP contribution in [0, 0.1) is 5.92 Å². The third-order valence-corrected chi connectivity index (χ3v) is 3.08. The van der Waals surface area contributed by atoms with E-state index in [2.05, 4.69) is 20.9 Å². The minimum Gasteiger partial charge on any atom is -0.497 e. The summed E-state index contributed by atoms with van der Waals surface area (Å²) in [7, 11) is 3.37. The number of amides is 1. The Morgan fingerprint density at radius 3 is 2.32 bits per heavy atom. The van der Waals surface area contributed by atoms with Gasteiger partial charge in [0.2, 0.25) is 5.91 Å². The minimum atomic E-state index is 0.00695. The first kappa shape index (κ1) is 17.8. The zero-order valence-electron chi connectivity index (χ0n) is 13.8. The van der Waals surface area contributed by atoms with Crippen LogP contribution in [0.25, 0.3) is 0 Å².